The van der Waals surface area contributed by atoms with Gasteiger partial charge in [0.1, 0.15) is 5.54 Å². The van der Waals surface area contributed by atoms with Crippen LogP contribution in [0.15, 0.2) is 0 Å². The Labute approximate surface area is 120 Å². The first-order valence-corrected chi connectivity index (χ1v) is 7.89. The number of carbonyl (C=O) groups excluding carboxylic acids is 1. The summed E-state index contributed by atoms with van der Waals surface area (Å²) in [6, 6.07) is -0.111. The minimum Gasteiger partial charge on any atom is -0.480 e. The van der Waals surface area contributed by atoms with E-state index in [1.54, 1.807) is 0 Å². The minimum atomic E-state index is -1.04. The first-order chi connectivity index (χ1) is 9.57. The second kappa shape index (κ2) is 6.46. The van der Waals surface area contributed by atoms with Crippen molar-refractivity contribution in [3.8, 4) is 0 Å². The Balaban J connectivity index is 1.92. The Hall–Kier alpha value is -1.26. The highest BCUT2D eigenvalue weighted by Gasteiger charge is 2.43. The second-order valence-electron chi connectivity index (χ2n) is 6.25. The van der Waals surface area contributed by atoms with E-state index in [0.717, 1.165) is 38.5 Å². The molecule has 2 unspecified atom stereocenters. The van der Waals surface area contributed by atoms with Crippen LogP contribution in [0, 0.1) is 5.92 Å². The van der Waals surface area contributed by atoms with Gasteiger partial charge in [0.2, 0.25) is 0 Å². The number of carboxylic acids is 1. The molecule has 0 saturated heterocycles. The Kier molecular flexibility index (Phi) is 4.89. The van der Waals surface area contributed by atoms with E-state index >= 15 is 0 Å². The van der Waals surface area contributed by atoms with E-state index < -0.39 is 11.5 Å². The standard InChI is InChI=1S/C15H26N2O3/c1-2-11-7-3-4-8-12(11)16-14(20)17-15(13(18)19)9-5-6-10-15/h11-12H,2-10H2,1H3,(H,18,19)(H2,16,17,20). The summed E-state index contributed by atoms with van der Waals surface area (Å²) in [6.45, 7) is 2.15. The van der Waals surface area contributed by atoms with Crippen molar-refractivity contribution in [2.24, 2.45) is 5.92 Å². The van der Waals surface area contributed by atoms with Crippen LogP contribution in [0.2, 0.25) is 0 Å². The van der Waals surface area contributed by atoms with Crippen LogP contribution in [0.3, 0.4) is 0 Å². The van der Waals surface area contributed by atoms with Gasteiger partial charge >= 0.3 is 12.0 Å². The molecule has 5 heteroatoms. The Morgan fingerprint density at radius 3 is 2.40 bits per heavy atom. The first kappa shape index (κ1) is 15.1. The molecule has 2 aliphatic rings. The third kappa shape index (κ3) is 3.25. The van der Waals surface area contributed by atoms with Gasteiger partial charge in [-0.3, -0.25) is 0 Å². The van der Waals surface area contributed by atoms with Crippen molar-refractivity contribution >= 4 is 12.0 Å². The van der Waals surface area contributed by atoms with Gasteiger partial charge in [-0.25, -0.2) is 9.59 Å². The van der Waals surface area contributed by atoms with Crippen molar-refractivity contribution < 1.29 is 14.7 Å². The maximum absolute atomic E-state index is 12.2. The fourth-order valence-corrected chi connectivity index (χ4v) is 3.68. The number of rotatable bonds is 4. The normalized spacial score (nSPS) is 28.9. The molecule has 0 heterocycles. The number of aliphatic carboxylic acids is 1. The van der Waals surface area contributed by atoms with Crippen LogP contribution in [-0.4, -0.2) is 28.7 Å². The maximum atomic E-state index is 12.2. The molecule has 114 valence electrons. The highest BCUT2D eigenvalue weighted by molar-refractivity contribution is 5.86. The highest BCUT2D eigenvalue weighted by atomic mass is 16.4. The molecule has 2 rings (SSSR count). The van der Waals surface area contributed by atoms with Crippen molar-refractivity contribution in [3.05, 3.63) is 0 Å². The van der Waals surface area contributed by atoms with E-state index in [0.29, 0.717) is 18.8 Å². The monoisotopic (exact) mass is 282 g/mol. The van der Waals surface area contributed by atoms with Gasteiger partial charge in [0, 0.05) is 6.04 Å². The zero-order chi connectivity index (χ0) is 14.6. The molecule has 0 radical (unpaired) electrons. The first-order valence-electron chi connectivity index (χ1n) is 7.89. The minimum absolute atomic E-state index is 0.195. The Morgan fingerprint density at radius 1 is 1.15 bits per heavy atom. The summed E-state index contributed by atoms with van der Waals surface area (Å²) < 4.78 is 0. The van der Waals surface area contributed by atoms with Crippen LogP contribution >= 0.6 is 0 Å². The van der Waals surface area contributed by atoms with Crippen LogP contribution in [0.5, 0.6) is 0 Å². The lowest BCUT2D eigenvalue weighted by atomic mass is 9.83. The van der Waals surface area contributed by atoms with Crippen molar-refractivity contribution in [2.45, 2.75) is 76.3 Å². The van der Waals surface area contributed by atoms with Crippen LogP contribution in [-0.2, 0) is 4.79 Å². The average molecular weight is 282 g/mol. The lowest BCUT2D eigenvalue weighted by molar-refractivity contribution is -0.144. The largest absolute Gasteiger partial charge is 0.480 e. The number of nitrogens with one attached hydrogen (secondary N) is 2. The lowest BCUT2D eigenvalue weighted by Gasteiger charge is -2.33. The molecule has 0 aromatic carbocycles. The van der Waals surface area contributed by atoms with Crippen LogP contribution in [0.4, 0.5) is 4.79 Å². The summed E-state index contributed by atoms with van der Waals surface area (Å²) in [5.74, 6) is -0.375. The molecule has 0 bridgehead atoms. The van der Waals surface area contributed by atoms with E-state index in [4.69, 9.17) is 0 Å². The van der Waals surface area contributed by atoms with Crippen molar-refractivity contribution in [1.82, 2.24) is 10.6 Å². The summed E-state index contributed by atoms with van der Waals surface area (Å²) in [7, 11) is 0. The molecular formula is C15H26N2O3. The maximum Gasteiger partial charge on any atom is 0.329 e. The van der Waals surface area contributed by atoms with Crippen LogP contribution in [0.1, 0.15) is 64.7 Å². The van der Waals surface area contributed by atoms with Gasteiger partial charge in [0.25, 0.3) is 0 Å². The summed E-state index contributed by atoms with van der Waals surface area (Å²) in [5, 5.41) is 15.1. The third-order valence-electron chi connectivity index (χ3n) is 4.97. The summed E-state index contributed by atoms with van der Waals surface area (Å²) in [6.07, 6.45) is 8.42. The molecule has 0 aromatic rings. The third-order valence-corrected chi connectivity index (χ3v) is 4.97. The Morgan fingerprint density at radius 2 is 1.80 bits per heavy atom. The lowest BCUT2D eigenvalue weighted by Crippen LogP contribution is -2.57. The molecular weight excluding hydrogens is 256 g/mol. The van der Waals surface area contributed by atoms with Gasteiger partial charge in [0.05, 0.1) is 0 Å². The number of urea groups is 1. The fourth-order valence-electron chi connectivity index (χ4n) is 3.68. The number of carbonyl (C=O) groups is 2. The van der Waals surface area contributed by atoms with E-state index in [9.17, 15) is 14.7 Å². The van der Waals surface area contributed by atoms with Gasteiger partial charge in [-0.05, 0) is 31.6 Å². The van der Waals surface area contributed by atoms with Crippen LogP contribution < -0.4 is 10.6 Å². The quantitative estimate of drug-likeness (QED) is 0.741. The van der Waals surface area contributed by atoms with Gasteiger partial charge in [-0.2, -0.15) is 0 Å². The molecule has 2 aliphatic carbocycles. The summed E-state index contributed by atoms with van der Waals surface area (Å²) >= 11 is 0. The molecule has 2 fully saturated rings. The number of amides is 2. The average Bonchev–Trinajstić information content (AvgIpc) is 2.89. The molecule has 0 aromatic heterocycles. The molecule has 0 spiro atoms. The highest BCUT2D eigenvalue weighted by Crippen LogP contribution is 2.30. The number of carboxylic acid groups (broad SMARTS) is 1. The van der Waals surface area contributed by atoms with Gasteiger partial charge in [0.15, 0.2) is 0 Å². The topological polar surface area (TPSA) is 78.4 Å². The van der Waals surface area contributed by atoms with E-state index in [1.165, 1.54) is 6.42 Å². The molecule has 2 saturated carbocycles. The van der Waals surface area contributed by atoms with Gasteiger partial charge < -0.3 is 15.7 Å². The molecule has 2 amide bonds. The predicted molar refractivity (Wildman–Crippen MR) is 76.5 cm³/mol. The van der Waals surface area contributed by atoms with Crippen molar-refractivity contribution in [2.75, 3.05) is 0 Å². The summed E-state index contributed by atoms with van der Waals surface area (Å²) in [5.41, 5.74) is -1.04. The van der Waals surface area contributed by atoms with Crippen molar-refractivity contribution in [3.63, 3.8) is 0 Å². The fraction of sp³-hybridized carbons (Fsp3) is 0.867. The second-order valence-corrected chi connectivity index (χ2v) is 6.25. The molecule has 20 heavy (non-hydrogen) atoms. The van der Waals surface area contributed by atoms with E-state index in [2.05, 4.69) is 17.6 Å². The molecule has 0 aliphatic heterocycles. The van der Waals surface area contributed by atoms with Gasteiger partial charge in [-0.1, -0.05) is 39.0 Å². The molecule has 2 atom stereocenters. The molecule has 3 N–H and O–H groups in total. The van der Waals surface area contributed by atoms with E-state index in [1.807, 2.05) is 0 Å². The predicted octanol–water partition coefficient (Wildman–Crippen LogP) is 2.65. The van der Waals surface area contributed by atoms with Gasteiger partial charge in [-0.15, -0.1) is 0 Å². The number of hydrogen-bond donors (Lipinski definition) is 3. The zero-order valence-corrected chi connectivity index (χ0v) is 12.3. The zero-order valence-electron chi connectivity index (χ0n) is 12.3. The smallest absolute Gasteiger partial charge is 0.329 e. The Bertz CT molecular complexity index is 364. The summed E-state index contributed by atoms with van der Waals surface area (Å²) in [4.78, 5) is 23.6. The van der Waals surface area contributed by atoms with Crippen LogP contribution in [0.25, 0.3) is 0 Å². The van der Waals surface area contributed by atoms with E-state index in [-0.39, 0.29) is 12.1 Å². The number of hydrogen-bond acceptors (Lipinski definition) is 2. The van der Waals surface area contributed by atoms with Crippen molar-refractivity contribution in [1.29, 1.82) is 0 Å². The SMILES string of the molecule is CCC1CCCCC1NC(=O)NC1(C(=O)O)CCCC1. The molecule has 5 nitrogen and oxygen atoms in total.